The van der Waals surface area contributed by atoms with Gasteiger partial charge in [-0.05, 0) is 111 Å². The Morgan fingerprint density at radius 1 is 0.416 bits per heavy atom. The second kappa shape index (κ2) is 24.3. The highest BCUT2D eigenvalue weighted by molar-refractivity contribution is 7.15. The second-order valence-electron chi connectivity index (χ2n) is 26.2. The van der Waals surface area contributed by atoms with Gasteiger partial charge >= 0.3 is 0 Å². The Labute approximate surface area is 531 Å². The summed E-state index contributed by atoms with van der Waals surface area (Å²) in [7, 11) is 0. The lowest BCUT2D eigenvalue weighted by molar-refractivity contribution is -0.127. The van der Waals surface area contributed by atoms with Crippen LogP contribution in [0.15, 0.2) is 64.2 Å². The monoisotopic (exact) mass is 1250 g/mol. The van der Waals surface area contributed by atoms with Crippen LogP contribution in [0, 0.1) is 92.4 Å². The third-order valence-electron chi connectivity index (χ3n) is 16.5. The Morgan fingerprint density at radius 3 is 1.07 bits per heavy atom. The fraction of sp³-hybridized carbons (Fsp3) is 0.439. The number of aromatic nitrogens is 14. The van der Waals surface area contributed by atoms with Crippen LogP contribution >= 0.6 is 34.0 Å². The van der Waals surface area contributed by atoms with Crippen molar-refractivity contribution in [1.29, 1.82) is 0 Å². The predicted octanol–water partition coefficient (Wildman–Crippen LogP) is 13.0. The van der Waals surface area contributed by atoms with E-state index < -0.39 is 34.4 Å². The van der Waals surface area contributed by atoms with Crippen molar-refractivity contribution in [3.63, 3.8) is 0 Å². The summed E-state index contributed by atoms with van der Waals surface area (Å²) in [5.41, 5.74) is 11.5. The number of nitrogens with zero attached hydrogens (tertiary/aromatic N) is 17. The molecule has 89 heavy (non-hydrogen) atoms. The molecule has 23 heteroatoms. The number of Topliss-reactive ketones (excluding diaryl/α,β-unsaturated/α-hetero) is 3. The van der Waals surface area contributed by atoms with E-state index >= 15 is 0 Å². The van der Waals surface area contributed by atoms with Crippen LogP contribution in [0.4, 0.5) is 0 Å². The lowest BCUT2D eigenvalue weighted by atomic mass is 9.87. The van der Waals surface area contributed by atoms with Gasteiger partial charge in [-0.3, -0.25) is 48.0 Å². The first-order valence-corrected chi connectivity index (χ1v) is 32.2. The Morgan fingerprint density at radius 2 is 0.753 bits per heavy atom. The van der Waals surface area contributed by atoms with Crippen molar-refractivity contribution in [2.75, 3.05) is 0 Å². The van der Waals surface area contributed by atoms with Gasteiger partial charge in [0.2, 0.25) is 0 Å². The second-order valence-corrected chi connectivity index (χ2v) is 29.8. The summed E-state index contributed by atoms with van der Waals surface area (Å²) < 4.78 is 6.20. The number of carbonyl (C=O) groups excluding carboxylic acids is 3. The van der Waals surface area contributed by atoms with Crippen LogP contribution in [-0.2, 0) is 14.4 Å². The number of pyridine rings is 1. The summed E-state index contributed by atoms with van der Waals surface area (Å²) in [6.07, 6.45) is 9.69. The van der Waals surface area contributed by atoms with Crippen LogP contribution in [0.5, 0.6) is 0 Å². The zero-order valence-corrected chi connectivity index (χ0v) is 57.0. The third-order valence-corrected chi connectivity index (χ3v) is 20.0. The van der Waals surface area contributed by atoms with Gasteiger partial charge in [-0.25, -0.2) is 9.97 Å². The van der Waals surface area contributed by atoms with Crippen molar-refractivity contribution < 1.29 is 14.4 Å². The molecule has 3 atom stereocenters. The smallest absolute Gasteiger partial charge is 0.163 e. The SMILES string of the molecule is Cc1ccc(C2=N[C@@H](CC(=O)C(C)(C)C)c3nnc(C)n3-c3sc(C)c(C)c32)cn1.Cc1ncc(C2=N[C@@H](CC(=O)C(C)(C)C)c3nnc(C)n3-c3sc(C)c(C)c32)cn1.Cc1sc2c(c1C)C(c1ccnnc1)=N[C@@H](CC(=O)C(C)(C)C)c1nnc(C)n1-2. The summed E-state index contributed by atoms with van der Waals surface area (Å²) in [5, 5.41) is 37.4. The highest BCUT2D eigenvalue weighted by Gasteiger charge is 2.38. The minimum Gasteiger partial charge on any atom is -0.299 e. The van der Waals surface area contributed by atoms with Crippen molar-refractivity contribution in [3.05, 3.63) is 160 Å². The molecule has 0 fully saturated rings. The number of fused-ring (bicyclic) bond motifs is 9. The Bertz CT molecular complexity index is 4130. The van der Waals surface area contributed by atoms with Crippen molar-refractivity contribution in [2.45, 2.75) is 176 Å². The predicted molar refractivity (Wildman–Crippen MR) is 350 cm³/mol. The molecule has 0 amide bonds. The third kappa shape index (κ3) is 12.5. The first-order valence-electron chi connectivity index (χ1n) is 29.7. The van der Waals surface area contributed by atoms with Gasteiger partial charge in [-0.2, -0.15) is 10.2 Å². The zero-order valence-electron chi connectivity index (χ0n) is 54.5. The van der Waals surface area contributed by atoms with Gasteiger partial charge < -0.3 is 0 Å². The van der Waals surface area contributed by atoms with E-state index in [0.717, 1.165) is 100 Å². The van der Waals surface area contributed by atoms with Crippen LogP contribution < -0.4 is 0 Å². The average Bonchev–Trinajstić information content (AvgIpc) is 1.63. The largest absolute Gasteiger partial charge is 0.299 e. The molecule has 3 aliphatic rings. The summed E-state index contributed by atoms with van der Waals surface area (Å²) in [6, 6.07) is 4.73. The molecule has 9 aromatic rings. The highest BCUT2D eigenvalue weighted by atomic mass is 32.1. The molecule has 0 aromatic carbocycles. The van der Waals surface area contributed by atoms with E-state index in [1.807, 2.05) is 115 Å². The topological polar surface area (TPSA) is 245 Å². The van der Waals surface area contributed by atoms with Crippen LogP contribution in [0.25, 0.3) is 15.0 Å². The summed E-state index contributed by atoms with van der Waals surface area (Å²) in [4.78, 5) is 71.0. The quantitative estimate of drug-likeness (QED) is 0.130. The summed E-state index contributed by atoms with van der Waals surface area (Å²) in [5.74, 6) is 5.67. The van der Waals surface area contributed by atoms with E-state index in [1.54, 1.807) is 58.8 Å². The molecule has 0 radical (unpaired) electrons. The van der Waals surface area contributed by atoms with Crippen molar-refractivity contribution in [2.24, 2.45) is 31.2 Å². The Balaban J connectivity index is 0.000000147. The molecule has 12 heterocycles. The van der Waals surface area contributed by atoms with Gasteiger partial charge in [0.25, 0.3) is 0 Å². The van der Waals surface area contributed by atoms with E-state index in [9.17, 15) is 14.4 Å². The lowest BCUT2D eigenvalue weighted by Crippen LogP contribution is -2.23. The highest BCUT2D eigenvalue weighted by Crippen LogP contribution is 2.44. The van der Waals surface area contributed by atoms with E-state index in [2.05, 4.69) is 117 Å². The van der Waals surface area contributed by atoms with Crippen molar-refractivity contribution in [3.8, 4) is 15.0 Å². The number of thiophene rings is 3. The molecule has 0 saturated carbocycles. The van der Waals surface area contributed by atoms with Crippen molar-refractivity contribution in [1.82, 2.24) is 69.4 Å². The van der Waals surface area contributed by atoms with Crippen LogP contribution in [-0.4, -0.2) is 104 Å². The van der Waals surface area contributed by atoms with Gasteiger partial charge in [0.15, 0.2) is 17.5 Å². The maximum absolute atomic E-state index is 12.9. The molecule has 0 spiro atoms. The maximum Gasteiger partial charge on any atom is 0.163 e. The number of aliphatic imine (C=N–C) groups is 3. The maximum atomic E-state index is 12.9. The number of aryl methyl sites for hydroxylation is 8. The summed E-state index contributed by atoms with van der Waals surface area (Å²) in [6.45, 7) is 39.8. The molecule has 0 N–H and O–H groups in total. The van der Waals surface area contributed by atoms with Crippen LogP contribution in [0.1, 0.15) is 211 Å². The molecule has 12 rings (SSSR count). The molecule has 3 aliphatic heterocycles. The van der Waals surface area contributed by atoms with Gasteiger partial charge in [0.1, 0.15) is 73.8 Å². The molecule has 9 aromatic heterocycles. The normalized spacial score (nSPS) is 16.0. The van der Waals surface area contributed by atoms with Gasteiger partial charge in [0.05, 0.1) is 29.5 Å². The average molecular weight is 1250 g/mol. The number of rotatable bonds is 9. The molecule has 0 saturated heterocycles. The van der Waals surface area contributed by atoms with Crippen LogP contribution in [0.3, 0.4) is 0 Å². The minimum absolute atomic E-state index is 0.140. The Kier molecular flexibility index (Phi) is 17.5. The first kappa shape index (κ1) is 63.9. The lowest BCUT2D eigenvalue weighted by Gasteiger charge is -2.19. The van der Waals surface area contributed by atoms with Gasteiger partial charge in [-0.15, -0.1) is 64.6 Å². The number of hydrogen-bond donors (Lipinski definition) is 0. The molecule has 462 valence electrons. The van der Waals surface area contributed by atoms with Crippen LogP contribution in [0.2, 0.25) is 0 Å². The number of hydrogen-bond acceptors (Lipinski definition) is 20. The minimum atomic E-state index is -0.452. The standard InChI is InChI=1S/C23H27N5OS.C22H26N6OS.C21H24N6OS/c1-12-8-9-16(11-24-12)20-19-13(2)14(3)30-22(19)28-15(4)26-27-21(28)17(25-20)10-18(29)23(5,6)7;1-11-12(2)30-21-18(11)19(15-9-23-13(3)24-10-15)25-16(8-17(29)22(5,6)7)20-27-26-14(4)28(20)21;1-11-12(2)29-20-17(11)18(14-7-8-22-23-10-14)24-15(9-16(28)21(4,5)6)19-26-25-13(3)27(19)20/h8-9,11,17H,10H2,1-7H3;9-10,16H,8H2,1-7H3;7-8,10,15H,9H2,1-6H3/t17-;16-;15-/m000/s1. The number of carbonyl (C=O) groups is 3. The first-order chi connectivity index (χ1) is 41.8. The van der Waals surface area contributed by atoms with E-state index in [-0.39, 0.29) is 36.6 Å². The fourth-order valence-electron chi connectivity index (χ4n) is 10.6. The Hall–Kier alpha value is -8.15. The number of ketones is 3. The molecular weight excluding hydrogens is 1180 g/mol. The van der Waals surface area contributed by atoms with E-state index in [1.165, 1.54) is 25.8 Å². The summed E-state index contributed by atoms with van der Waals surface area (Å²) >= 11 is 5.11. The molecule has 20 nitrogen and oxygen atoms in total. The fourth-order valence-corrected chi connectivity index (χ4v) is 14.2. The zero-order chi connectivity index (χ0) is 64.5. The van der Waals surface area contributed by atoms with E-state index in [4.69, 9.17) is 15.0 Å². The van der Waals surface area contributed by atoms with E-state index in [0.29, 0.717) is 17.5 Å². The van der Waals surface area contributed by atoms with Gasteiger partial charge in [0, 0.05) is 108 Å². The van der Waals surface area contributed by atoms with Gasteiger partial charge in [-0.1, -0.05) is 62.3 Å². The molecule has 0 unspecified atom stereocenters. The van der Waals surface area contributed by atoms with Crippen molar-refractivity contribution >= 4 is 68.5 Å². The molecule has 0 bridgehead atoms. The molecule has 0 aliphatic carbocycles. The molecular formula is C66H77N17O3S3.